The van der Waals surface area contributed by atoms with E-state index in [1.54, 1.807) is 54.6 Å². The van der Waals surface area contributed by atoms with Crippen molar-refractivity contribution in [3.05, 3.63) is 86.6 Å². The zero-order valence-corrected chi connectivity index (χ0v) is 18.1. The molecule has 0 spiro atoms. The van der Waals surface area contributed by atoms with Crippen molar-refractivity contribution in [1.29, 1.82) is 0 Å². The van der Waals surface area contributed by atoms with E-state index in [2.05, 4.69) is 47.4 Å². The Labute approximate surface area is 182 Å². The molecule has 0 saturated heterocycles. The fraction of sp³-hybridized carbons (Fsp3) is 0.0476. The summed E-state index contributed by atoms with van der Waals surface area (Å²) in [5.74, 6) is 0.328. The maximum absolute atomic E-state index is 14.0. The molecule has 1 heterocycles. The summed E-state index contributed by atoms with van der Waals surface area (Å²) in [5, 5.41) is 10.6. The van der Waals surface area contributed by atoms with Crippen LogP contribution < -0.4 is 10.1 Å². The molecule has 146 valence electrons. The molecule has 1 amide bonds. The largest absolute Gasteiger partial charge is 0.489 e. The molecule has 4 rings (SSSR count). The van der Waals surface area contributed by atoms with Crippen LogP contribution in [0.2, 0.25) is 0 Å². The second-order valence-electron chi connectivity index (χ2n) is 6.27. The number of aromatic nitrogens is 2. The number of aromatic amines is 1. The lowest BCUT2D eigenvalue weighted by Crippen LogP contribution is -2.12. The molecule has 0 aliphatic heterocycles. The molecule has 29 heavy (non-hydrogen) atoms. The number of H-pyrrole nitrogens is 1. The molecule has 5 nitrogen and oxygen atoms in total. The number of nitrogens with one attached hydrogen (secondary N) is 2. The van der Waals surface area contributed by atoms with Crippen LogP contribution in [0.1, 0.15) is 15.9 Å². The first kappa shape index (κ1) is 19.6. The van der Waals surface area contributed by atoms with Crippen molar-refractivity contribution in [2.24, 2.45) is 0 Å². The molecule has 0 saturated carbocycles. The fourth-order valence-corrected chi connectivity index (χ4v) is 3.36. The number of rotatable bonds is 5. The number of carbonyl (C=O) groups is 1. The van der Waals surface area contributed by atoms with Crippen molar-refractivity contribution < 1.29 is 13.9 Å². The van der Waals surface area contributed by atoms with Crippen LogP contribution in [0.15, 0.2) is 69.6 Å². The number of benzene rings is 3. The van der Waals surface area contributed by atoms with Gasteiger partial charge in [-0.05, 0) is 54.6 Å². The lowest BCUT2D eigenvalue weighted by atomic mass is 10.2. The number of carbonyl (C=O) groups excluding carboxylic acids is 1. The Hall–Kier alpha value is -2.71. The molecule has 0 aliphatic rings. The lowest BCUT2D eigenvalue weighted by molar-refractivity contribution is 0.102. The first-order chi connectivity index (χ1) is 14.0. The topological polar surface area (TPSA) is 67.0 Å². The van der Waals surface area contributed by atoms with Crippen molar-refractivity contribution in [2.45, 2.75) is 6.61 Å². The SMILES string of the molecule is O=C(Nc1n[nH]c2ccc(OCc3ccc(Br)cc3F)cc12)c1ccc(Br)cc1. The Bertz CT molecular complexity index is 1190. The van der Waals surface area contributed by atoms with Gasteiger partial charge in [-0.2, -0.15) is 5.10 Å². The zero-order chi connectivity index (χ0) is 20.4. The van der Waals surface area contributed by atoms with Gasteiger partial charge in [-0.3, -0.25) is 9.89 Å². The van der Waals surface area contributed by atoms with Gasteiger partial charge in [0.25, 0.3) is 5.91 Å². The van der Waals surface area contributed by atoms with Gasteiger partial charge < -0.3 is 10.1 Å². The standard InChI is InChI=1S/C21H14Br2FN3O2/c22-14-4-1-12(2-5-14)21(28)25-20-17-10-16(7-8-19(17)26-27-20)29-11-13-3-6-15(23)9-18(13)24/h1-10H,11H2,(H2,25,26,27,28). The van der Waals surface area contributed by atoms with E-state index in [0.29, 0.717) is 32.6 Å². The van der Waals surface area contributed by atoms with Crippen molar-refractivity contribution in [1.82, 2.24) is 10.2 Å². The van der Waals surface area contributed by atoms with Gasteiger partial charge in [-0.15, -0.1) is 0 Å². The summed E-state index contributed by atoms with van der Waals surface area (Å²) in [6.45, 7) is 0.0864. The Balaban J connectivity index is 1.52. The van der Waals surface area contributed by atoms with Crippen molar-refractivity contribution in [2.75, 3.05) is 5.32 Å². The van der Waals surface area contributed by atoms with Gasteiger partial charge in [0, 0.05) is 25.5 Å². The zero-order valence-electron chi connectivity index (χ0n) is 14.9. The summed E-state index contributed by atoms with van der Waals surface area (Å²) >= 11 is 6.58. The van der Waals surface area contributed by atoms with Gasteiger partial charge in [0.05, 0.1) is 5.52 Å². The van der Waals surface area contributed by atoms with Crippen LogP contribution in [0, 0.1) is 5.82 Å². The van der Waals surface area contributed by atoms with Gasteiger partial charge in [-0.25, -0.2) is 4.39 Å². The minimum Gasteiger partial charge on any atom is -0.489 e. The highest BCUT2D eigenvalue weighted by atomic mass is 79.9. The molecule has 8 heteroatoms. The highest BCUT2D eigenvalue weighted by Crippen LogP contribution is 2.27. The quantitative estimate of drug-likeness (QED) is 0.337. The number of amides is 1. The van der Waals surface area contributed by atoms with E-state index in [9.17, 15) is 9.18 Å². The van der Waals surface area contributed by atoms with Crippen LogP contribution in [0.4, 0.5) is 10.2 Å². The van der Waals surface area contributed by atoms with E-state index >= 15 is 0 Å². The van der Waals surface area contributed by atoms with Crippen molar-refractivity contribution in [3.63, 3.8) is 0 Å². The smallest absolute Gasteiger partial charge is 0.256 e. The minimum atomic E-state index is -0.341. The Kier molecular flexibility index (Phi) is 5.64. The molecule has 3 aromatic carbocycles. The Morgan fingerprint density at radius 3 is 2.55 bits per heavy atom. The Morgan fingerprint density at radius 1 is 1.03 bits per heavy atom. The third-order valence-electron chi connectivity index (χ3n) is 4.28. The summed E-state index contributed by atoms with van der Waals surface area (Å²) in [6, 6.07) is 17.2. The molecule has 2 N–H and O–H groups in total. The van der Waals surface area contributed by atoms with E-state index in [-0.39, 0.29) is 18.3 Å². The molecule has 1 aromatic heterocycles. The summed E-state index contributed by atoms with van der Waals surface area (Å²) in [6.07, 6.45) is 0. The van der Waals surface area contributed by atoms with Crippen LogP contribution >= 0.6 is 31.9 Å². The predicted octanol–water partition coefficient (Wildman–Crippen LogP) is 6.06. The van der Waals surface area contributed by atoms with Crippen LogP contribution in [0.3, 0.4) is 0 Å². The predicted molar refractivity (Wildman–Crippen MR) is 117 cm³/mol. The molecule has 0 atom stereocenters. The molecular formula is C21H14Br2FN3O2. The summed E-state index contributed by atoms with van der Waals surface area (Å²) < 4.78 is 21.3. The maximum Gasteiger partial charge on any atom is 0.256 e. The maximum atomic E-state index is 14.0. The second-order valence-corrected chi connectivity index (χ2v) is 8.10. The molecular weight excluding hydrogens is 505 g/mol. The number of anilines is 1. The number of halogens is 3. The molecule has 0 fully saturated rings. The first-order valence-electron chi connectivity index (χ1n) is 8.61. The van der Waals surface area contributed by atoms with E-state index in [1.165, 1.54) is 6.07 Å². The molecule has 0 bridgehead atoms. The van der Waals surface area contributed by atoms with E-state index in [1.807, 2.05) is 0 Å². The molecule has 0 aliphatic carbocycles. The van der Waals surface area contributed by atoms with Gasteiger partial charge in [0.15, 0.2) is 5.82 Å². The first-order valence-corrected chi connectivity index (χ1v) is 10.2. The average molecular weight is 519 g/mol. The van der Waals surface area contributed by atoms with E-state index in [0.717, 1.165) is 9.99 Å². The highest BCUT2D eigenvalue weighted by Gasteiger charge is 2.12. The van der Waals surface area contributed by atoms with Crippen LogP contribution in [0.5, 0.6) is 5.75 Å². The Morgan fingerprint density at radius 2 is 1.79 bits per heavy atom. The van der Waals surface area contributed by atoms with Crippen LogP contribution in [-0.4, -0.2) is 16.1 Å². The van der Waals surface area contributed by atoms with Gasteiger partial charge in [0.2, 0.25) is 0 Å². The number of hydrogen-bond acceptors (Lipinski definition) is 3. The molecule has 0 unspecified atom stereocenters. The van der Waals surface area contributed by atoms with E-state index in [4.69, 9.17) is 4.74 Å². The summed E-state index contributed by atoms with van der Waals surface area (Å²) in [5.41, 5.74) is 1.71. The summed E-state index contributed by atoms with van der Waals surface area (Å²) in [7, 11) is 0. The number of fused-ring (bicyclic) bond motifs is 1. The third-order valence-corrected chi connectivity index (χ3v) is 5.30. The van der Waals surface area contributed by atoms with E-state index < -0.39 is 0 Å². The van der Waals surface area contributed by atoms with Gasteiger partial charge in [-0.1, -0.05) is 37.9 Å². The second kappa shape index (κ2) is 8.34. The van der Waals surface area contributed by atoms with Crippen molar-refractivity contribution >= 4 is 54.5 Å². The minimum absolute atomic E-state index is 0.0864. The third kappa shape index (κ3) is 4.49. The van der Waals surface area contributed by atoms with Gasteiger partial charge >= 0.3 is 0 Å². The molecule has 0 radical (unpaired) electrons. The van der Waals surface area contributed by atoms with Crippen LogP contribution in [-0.2, 0) is 6.61 Å². The number of ether oxygens (including phenoxy) is 1. The average Bonchev–Trinajstić information content (AvgIpc) is 3.10. The van der Waals surface area contributed by atoms with Crippen LogP contribution in [0.25, 0.3) is 10.9 Å². The monoisotopic (exact) mass is 517 g/mol. The lowest BCUT2D eigenvalue weighted by Gasteiger charge is -2.08. The number of nitrogens with zero attached hydrogens (tertiary/aromatic N) is 1. The highest BCUT2D eigenvalue weighted by molar-refractivity contribution is 9.10. The molecule has 4 aromatic rings. The normalized spacial score (nSPS) is 10.9. The fourth-order valence-electron chi connectivity index (χ4n) is 2.76. The number of hydrogen-bond donors (Lipinski definition) is 2. The summed E-state index contributed by atoms with van der Waals surface area (Å²) in [4.78, 5) is 12.5. The van der Waals surface area contributed by atoms with Gasteiger partial charge in [0.1, 0.15) is 18.2 Å². The van der Waals surface area contributed by atoms with Crippen molar-refractivity contribution in [3.8, 4) is 5.75 Å².